The molecule has 3 N–H and O–H groups in total. The molecule has 1 saturated heterocycles. The number of carbonyl (C=O) groups is 1. The number of nitrogens with two attached hydrogens (primary N) is 1. The van der Waals surface area contributed by atoms with Gasteiger partial charge in [0.1, 0.15) is 0 Å². The lowest BCUT2D eigenvalue weighted by molar-refractivity contribution is -0.135. The summed E-state index contributed by atoms with van der Waals surface area (Å²) in [7, 11) is 0. The molecule has 0 radical (unpaired) electrons. The summed E-state index contributed by atoms with van der Waals surface area (Å²) < 4.78 is 10.6. The van der Waals surface area contributed by atoms with Gasteiger partial charge >= 0.3 is 0 Å². The van der Waals surface area contributed by atoms with E-state index in [0.717, 1.165) is 5.56 Å². The molecule has 0 saturated carbocycles. The SMILES string of the molecule is NCC1(C(=O)NCCc2nc(-c3cccc(Cl)c3)no2)CCOCC1. The number of aromatic nitrogens is 2. The van der Waals surface area contributed by atoms with Crippen LogP contribution in [0.25, 0.3) is 11.4 Å². The fraction of sp³-hybridized carbons (Fsp3) is 0.471. The summed E-state index contributed by atoms with van der Waals surface area (Å²) in [5.74, 6) is 0.906. The molecule has 1 fully saturated rings. The van der Waals surface area contributed by atoms with E-state index in [1.165, 1.54) is 0 Å². The lowest BCUT2D eigenvalue weighted by atomic mass is 9.79. The molecule has 2 aromatic rings. The number of hydrogen-bond acceptors (Lipinski definition) is 6. The van der Waals surface area contributed by atoms with Crippen LogP contribution in [-0.4, -0.2) is 42.4 Å². The summed E-state index contributed by atoms with van der Waals surface area (Å²) in [5, 5.41) is 7.49. The highest BCUT2D eigenvalue weighted by Gasteiger charge is 2.38. The average molecular weight is 365 g/mol. The summed E-state index contributed by atoms with van der Waals surface area (Å²) in [6.45, 7) is 1.87. The Kier molecular flexibility index (Phi) is 5.67. The van der Waals surface area contributed by atoms with Crippen molar-refractivity contribution in [1.82, 2.24) is 15.5 Å². The Hall–Kier alpha value is -1.96. The van der Waals surface area contributed by atoms with E-state index >= 15 is 0 Å². The van der Waals surface area contributed by atoms with Crippen LogP contribution in [0.5, 0.6) is 0 Å². The quantitative estimate of drug-likeness (QED) is 0.810. The van der Waals surface area contributed by atoms with Crippen LogP contribution in [0.3, 0.4) is 0 Å². The second-order valence-electron chi connectivity index (χ2n) is 6.12. The summed E-state index contributed by atoms with van der Waals surface area (Å²) in [6.07, 6.45) is 1.75. The molecule has 1 aliphatic heterocycles. The molecule has 1 aromatic carbocycles. The second kappa shape index (κ2) is 7.95. The van der Waals surface area contributed by atoms with Gasteiger partial charge in [0.2, 0.25) is 17.6 Å². The van der Waals surface area contributed by atoms with Crippen LogP contribution in [0.2, 0.25) is 5.02 Å². The highest BCUT2D eigenvalue weighted by molar-refractivity contribution is 6.30. The van der Waals surface area contributed by atoms with E-state index in [1.54, 1.807) is 12.1 Å². The smallest absolute Gasteiger partial charge is 0.228 e. The van der Waals surface area contributed by atoms with Crippen molar-refractivity contribution in [3.05, 3.63) is 35.2 Å². The second-order valence-corrected chi connectivity index (χ2v) is 6.56. The van der Waals surface area contributed by atoms with Gasteiger partial charge in [-0.25, -0.2) is 0 Å². The number of amides is 1. The van der Waals surface area contributed by atoms with Gasteiger partial charge in [0.05, 0.1) is 5.41 Å². The van der Waals surface area contributed by atoms with Gasteiger partial charge in [0, 0.05) is 43.3 Å². The zero-order chi connectivity index (χ0) is 17.7. The molecule has 3 rings (SSSR count). The number of halogens is 1. The zero-order valence-electron chi connectivity index (χ0n) is 13.8. The van der Waals surface area contributed by atoms with Crippen LogP contribution in [0.1, 0.15) is 18.7 Å². The van der Waals surface area contributed by atoms with Crippen molar-refractivity contribution in [2.75, 3.05) is 26.3 Å². The molecule has 0 spiro atoms. The normalized spacial score (nSPS) is 16.6. The minimum atomic E-state index is -0.529. The number of carbonyl (C=O) groups excluding carboxylic acids is 1. The van der Waals surface area contributed by atoms with Crippen LogP contribution in [-0.2, 0) is 16.0 Å². The Balaban J connectivity index is 1.55. The molecule has 8 heteroatoms. The molecule has 134 valence electrons. The van der Waals surface area contributed by atoms with E-state index in [4.69, 9.17) is 26.6 Å². The maximum atomic E-state index is 12.5. The lowest BCUT2D eigenvalue weighted by Gasteiger charge is -2.34. The lowest BCUT2D eigenvalue weighted by Crippen LogP contribution is -2.49. The van der Waals surface area contributed by atoms with E-state index in [-0.39, 0.29) is 5.91 Å². The Morgan fingerprint density at radius 2 is 2.16 bits per heavy atom. The maximum Gasteiger partial charge on any atom is 0.228 e. The first kappa shape index (κ1) is 17.8. The van der Waals surface area contributed by atoms with Crippen molar-refractivity contribution in [3.63, 3.8) is 0 Å². The molecule has 1 aliphatic rings. The van der Waals surface area contributed by atoms with Crippen molar-refractivity contribution in [3.8, 4) is 11.4 Å². The maximum absolute atomic E-state index is 12.5. The van der Waals surface area contributed by atoms with Gasteiger partial charge in [0.15, 0.2) is 0 Å². The molecule has 1 amide bonds. The minimum Gasteiger partial charge on any atom is -0.381 e. The first-order chi connectivity index (χ1) is 12.1. The summed E-state index contributed by atoms with van der Waals surface area (Å²) >= 11 is 5.97. The number of ether oxygens (including phenoxy) is 1. The highest BCUT2D eigenvalue weighted by atomic mass is 35.5. The van der Waals surface area contributed by atoms with Crippen molar-refractivity contribution in [1.29, 1.82) is 0 Å². The number of nitrogens with one attached hydrogen (secondary N) is 1. The molecule has 0 atom stereocenters. The predicted octanol–water partition coefficient (Wildman–Crippen LogP) is 1.80. The number of rotatable bonds is 6. The summed E-state index contributed by atoms with van der Waals surface area (Å²) in [4.78, 5) is 16.8. The highest BCUT2D eigenvalue weighted by Crippen LogP contribution is 2.29. The van der Waals surface area contributed by atoms with Crippen LogP contribution < -0.4 is 11.1 Å². The number of nitrogens with zero attached hydrogens (tertiary/aromatic N) is 2. The van der Waals surface area contributed by atoms with E-state index in [0.29, 0.717) is 62.3 Å². The molecule has 7 nitrogen and oxygen atoms in total. The molecular weight excluding hydrogens is 344 g/mol. The number of hydrogen-bond donors (Lipinski definition) is 2. The van der Waals surface area contributed by atoms with E-state index in [1.807, 2.05) is 12.1 Å². The fourth-order valence-electron chi connectivity index (χ4n) is 2.86. The van der Waals surface area contributed by atoms with Gasteiger partial charge in [-0.2, -0.15) is 4.98 Å². The molecule has 2 heterocycles. The molecule has 0 unspecified atom stereocenters. The Morgan fingerprint density at radius 1 is 1.36 bits per heavy atom. The topological polar surface area (TPSA) is 103 Å². The summed E-state index contributed by atoms with van der Waals surface area (Å²) in [6, 6.07) is 7.24. The molecular formula is C17H21ClN4O3. The van der Waals surface area contributed by atoms with Crippen molar-refractivity contribution in [2.24, 2.45) is 11.1 Å². The fourth-order valence-corrected chi connectivity index (χ4v) is 3.05. The summed E-state index contributed by atoms with van der Waals surface area (Å²) in [5.41, 5.74) is 6.09. The Labute approximate surface area is 150 Å². The first-order valence-electron chi connectivity index (χ1n) is 8.28. The molecule has 25 heavy (non-hydrogen) atoms. The van der Waals surface area contributed by atoms with E-state index in [2.05, 4.69) is 15.5 Å². The van der Waals surface area contributed by atoms with Crippen LogP contribution >= 0.6 is 11.6 Å². The number of benzene rings is 1. The largest absolute Gasteiger partial charge is 0.381 e. The van der Waals surface area contributed by atoms with Gasteiger partial charge in [-0.3, -0.25) is 4.79 Å². The average Bonchev–Trinajstić information content (AvgIpc) is 3.11. The van der Waals surface area contributed by atoms with Gasteiger partial charge < -0.3 is 20.3 Å². The van der Waals surface area contributed by atoms with Crippen LogP contribution in [0.4, 0.5) is 0 Å². The van der Waals surface area contributed by atoms with Gasteiger partial charge in [-0.1, -0.05) is 28.9 Å². The predicted molar refractivity (Wildman–Crippen MR) is 93.0 cm³/mol. The third-order valence-corrected chi connectivity index (χ3v) is 4.73. The molecule has 0 aliphatic carbocycles. The van der Waals surface area contributed by atoms with Gasteiger partial charge in [-0.15, -0.1) is 0 Å². The van der Waals surface area contributed by atoms with Crippen molar-refractivity contribution in [2.45, 2.75) is 19.3 Å². The molecule has 1 aromatic heterocycles. The first-order valence-corrected chi connectivity index (χ1v) is 8.65. The standard InChI is InChI=1S/C17H21ClN4O3/c18-13-3-1-2-12(10-13)15-21-14(25-22-15)4-7-20-16(23)17(11-19)5-8-24-9-6-17/h1-3,10H,4-9,11,19H2,(H,20,23). The van der Waals surface area contributed by atoms with Crippen molar-refractivity contribution < 1.29 is 14.1 Å². The van der Waals surface area contributed by atoms with Crippen molar-refractivity contribution >= 4 is 17.5 Å². The van der Waals surface area contributed by atoms with Gasteiger partial charge in [-0.05, 0) is 25.0 Å². The molecule has 0 bridgehead atoms. The third-order valence-electron chi connectivity index (χ3n) is 4.50. The zero-order valence-corrected chi connectivity index (χ0v) is 14.6. The Morgan fingerprint density at radius 3 is 2.88 bits per heavy atom. The van der Waals surface area contributed by atoms with E-state index < -0.39 is 5.41 Å². The Bertz CT molecular complexity index is 728. The van der Waals surface area contributed by atoms with E-state index in [9.17, 15) is 4.79 Å². The van der Waals surface area contributed by atoms with Crippen LogP contribution in [0.15, 0.2) is 28.8 Å². The van der Waals surface area contributed by atoms with Gasteiger partial charge in [0.25, 0.3) is 0 Å². The monoisotopic (exact) mass is 364 g/mol. The minimum absolute atomic E-state index is 0.0344. The van der Waals surface area contributed by atoms with Crippen LogP contribution in [0, 0.1) is 5.41 Å². The third kappa shape index (κ3) is 4.18.